The van der Waals surface area contributed by atoms with Crippen molar-refractivity contribution in [3.05, 3.63) is 90.5 Å². The van der Waals surface area contributed by atoms with Crippen molar-refractivity contribution in [2.45, 2.75) is 31.7 Å². The van der Waals surface area contributed by atoms with Crippen molar-refractivity contribution < 1.29 is 14.8 Å². The number of oxime groups is 1. The number of carbonyl (C=O) groups excluding carboxylic acids is 1. The zero-order valence-electron chi connectivity index (χ0n) is 16.7. The molecule has 0 saturated heterocycles. The van der Waals surface area contributed by atoms with Gasteiger partial charge in [-0.3, -0.25) is 10.0 Å². The third-order valence-electron chi connectivity index (χ3n) is 4.72. The average molecular weight is 406 g/mol. The SMILES string of the molecule is O=C(CCCCON=C(c1ccccc1)C(Cc1ccccc1)n1ccnc1)NO. The van der Waals surface area contributed by atoms with Crippen molar-refractivity contribution >= 4 is 11.6 Å². The molecule has 0 aliphatic rings. The molecule has 2 aromatic carbocycles. The predicted molar refractivity (Wildman–Crippen MR) is 114 cm³/mol. The van der Waals surface area contributed by atoms with Gasteiger partial charge < -0.3 is 9.40 Å². The van der Waals surface area contributed by atoms with Gasteiger partial charge in [0.25, 0.3) is 0 Å². The van der Waals surface area contributed by atoms with Gasteiger partial charge in [-0.05, 0) is 24.8 Å². The standard InChI is InChI=1S/C23H26N4O3/c28-22(25-29)13-7-8-16-30-26-23(20-11-5-2-6-12-20)21(27-15-14-24-18-27)17-19-9-3-1-4-10-19/h1-6,9-12,14-15,18,21,29H,7-8,13,16-17H2,(H,25,28). The molecule has 0 radical (unpaired) electrons. The molecule has 1 unspecified atom stereocenters. The van der Waals surface area contributed by atoms with E-state index in [1.165, 1.54) is 5.56 Å². The molecule has 1 atom stereocenters. The van der Waals surface area contributed by atoms with E-state index in [4.69, 9.17) is 10.0 Å². The summed E-state index contributed by atoms with van der Waals surface area (Å²) in [6, 6.07) is 20.1. The molecule has 3 rings (SSSR count). The van der Waals surface area contributed by atoms with E-state index in [0.717, 1.165) is 17.7 Å². The number of imidazole rings is 1. The average Bonchev–Trinajstić information content (AvgIpc) is 3.33. The van der Waals surface area contributed by atoms with Crippen molar-refractivity contribution in [2.75, 3.05) is 6.61 Å². The largest absolute Gasteiger partial charge is 0.396 e. The van der Waals surface area contributed by atoms with Crippen LogP contribution >= 0.6 is 0 Å². The fourth-order valence-corrected chi connectivity index (χ4v) is 3.17. The van der Waals surface area contributed by atoms with E-state index >= 15 is 0 Å². The van der Waals surface area contributed by atoms with Crippen LogP contribution in [0.3, 0.4) is 0 Å². The second kappa shape index (κ2) is 11.5. The number of rotatable bonds is 11. The highest BCUT2D eigenvalue weighted by atomic mass is 16.6. The first-order chi connectivity index (χ1) is 14.8. The highest BCUT2D eigenvalue weighted by Crippen LogP contribution is 2.21. The smallest absolute Gasteiger partial charge is 0.243 e. The minimum Gasteiger partial charge on any atom is -0.396 e. The summed E-state index contributed by atoms with van der Waals surface area (Å²) in [5.41, 5.74) is 4.61. The van der Waals surface area contributed by atoms with E-state index in [2.05, 4.69) is 22.3 Å². The van der Waals surface area contributed by atoms with Gasteiger partial charge in [0, 0.05) is 24.4 Å². The van der Waals surface area contributed by atoms with E-state index in [1.54, 1.807) is 18.0 Å². The normalized spacial score (nSPS) is 12.4. The van der Waals surface area contributed by atoms with Crippen LogP contribution in [-0.4, -0.2) is 33.0 Å². The number of carbonyl (C=O) groups is 1. The number of benzene rings is 2. The van der Waals surface area contributed by atoms with E-state index in [0.29, 0.717) is 19.4 Å². The van der Waals surface area contributed by atoms with Crippen LogP contribution in [0.2, 0.25) is 0 Å². The van der Waals surface area contributed by atoms with Gasteiger partial charge in [0.1, 0.15) is 12.3 Å². The molecule has 2 N–H and O–H groups in total. The van der Waals surface area contributed by atoms with E-state index in [1.807, 2.05) is 59.3 Å². The highest BCUT2D eigenvalue weighted by Gasteiger charge is 2.21. The molecule has 3 aromatic rings. The van der Waals surface area contributed by atoms with Crippen molar-refractivity contribution in [3.63, 3.8) is 0 Å². The summed E-state index contributed by atoms with van der Waals surface area (Å²) < 4.78 is 2.04. The molecule has 0 bridgehead atoms. The maximum atomic E-state index is 11.1. The Balaban J connectivity index is 1.79. The summed E-state index contributed by atoms with van der Waals surface area (Å²) in [5, 5.41) is 13.1. The summed E-state index contributed by atoms with van der Waals surface area (Å²) in [6.45, 7) is 0.386. The molecule has 0 aliphatic heterocycles. The van der Waals surface area contributed by atoms with Gasteiger partial charge in [0.2, 0.25) is 5.91 Å². The Labute approximate surface area is 176 Å². The van der Waals surface area contributed by atoms with Gasteiger partial charge in [-0.15, -0.1) is 0 Å². The Morgan fingerprint density at radius 2 is 1.83 bits per heavy atom. The van der Waals surface area contributed by atoms with Gasteiger partial charge in [-0.2, -0.15) is 0 Å². The van der Waals surface area contributed by atoms with Crippen molar-refractivity contribution in [2.24, 2.45) is 5.16 Å². The summed E-state index contributed by atoms with van der Waals surface area (Å²) in [4.78, 5) is 21.0. The third-order valence-corrected chi connectivity index (χ3v) is 4.72. The Hall–Kier alpha value is -3.45. The number of nitrogens with one attached hydrogen (secondary N) is 1. The second-order valence-corrected chi connectivity index (χ2v) is 6.88. The van der Waals surface area contributed by atoms with Crippen LogP contribution in [0, 0.1) is 0 Å². The van der Waals surface area contributed by atoms with E-state index in [-0.39, 0.29) is 12.5 Å². The number of hydrogen-bond acceptors (Lipinski definition) is 5. The van der Waals surface area contributed by atoms with Crippen LogP contribution in [0.1, 0.15) is 36.4 Å². The van der Waals surface area contributed by atoms with Gasteiger partial charge in [0.15, 0.2) is 0 Å². The summed E-state index contributed by atoms with van der Waals surface area (Å²) in [5.74, 6) is -0.397. The first-order valence-corrected chi connectivity index (χ1v) is 9.97. The molecular weight excluding hydrogens is 380 g/mol. The fraction of sp³-hybridized carbons (Fsp3) is 0.261. The van der Waals surface area contributed by atoms with Gasteiger partial charge in [-0.25, -0.2) is 10.5 Å². The van der Waals surface area contributed by atoms with Crippen LogP contribution in [0.5, 0.6) is 0 Å². The Kier molecular flexibility index (Phi) is 8.17. The lowest BCUT2D eigenvalue weighted by molar-refractivity contribution is -0.129. The number of nitrogens with zero attached hydrogens (tertiary/aromatic N) is 3. The molecule has 7 heteroatoms. The minimum absolute atomic E-state index is 0.0857. The monoisotopic (exact) mass is 406 g/mol. The Morgan fingerprint density at radius 1 is 1.10 bits per heavy atom. The number of hydroxylamine groups is 1. The lowest BCUT2D eigenvalue weighted by Crippen LogP contribution is -2.22. The van der Waals surface area contributed by atoms with E-state index < -0.39 is 5.91 Å². The topological polar surface area (TPSA) is 88.7 Å². The molecule has 7 nitrogen and oxygen atoms in total. The lowest BCUT2D eigenvalue weighted by Gasteiger charge is -2.21. The van der Waals surface area contributed by atoms with Crippen molar-refractivity contribution in [1.82, 2.24) is 15.0 Å². The van der Waals surface area contributed by atoms with Crippen molar-refractivity contribution in [3.8, 4) is 0 Å². The van der Waals surface area contributed by atoms with Crippen LogP contribution in [-0.2, 0) is 16.1 Å². The molecule has 1 heterocycles. The molecule has 0 spiro atoms. The zero-order valence-corrected chi connectivity index (χ0v) is 16.7. The molecule has 1 amide bonds. The van der Waals surface area contributed by atoms with Crippen LogP contribution in [0.15, 0.2) is 84.5 Å². The van der Waals surface area contributed by atoms with E-state index in [9.17, 15) is 4.79 Å². The predicted octanol–water partition coefficient (Wildman–Crippen LogP) is 3.76. The zero-order chi connectivity index (χ0) is 21.0. The highest BCUT2D eigenvalue weighted by molar-refractivity contribution is 6.03. The van der Waals surface area contributed by atoms with Crippen molar-refractivity contribution in [1.29, 1.82) is 0 Å². The number of unbranched alkanes of at least 4 members (excludes halogenated alkanes) is 1. The quantitative estimate of drug-likeness (QED) is 0.220. The third kappa shape index (κ3) is 6.28. The van der Waals surface area contributed by atoms with Gasteiger partial charge in [0.05, 0.1) is 12.4 Å². The Morgan fingerprint density at radius 3 is 2.50 bits per heavy atom. The number of aromatic nitrogens is 2. The van der Waals surface area contributed by atoms with Crippen LogP contribution in [0.25, 0.3) is 0 Å². The summed E-state index contributed by atoms with van der Waals surface area (Å²) in [7, 11) is 0. The van der Waals surface area contributed by atoms with Crippen LogP contribution in [0.4, 0.5) is 0 Å². The Bertz CT molecular complexity index is 912. The van der Waals surface area contributed by atoms with Crippen LogP contribution < -0.4 is 5.48 Å². The minimum atomic E-state index is -0.397. The molecule has 1 aromatic heterocycles. The first kappa shape index (κ1) is 21.3. The number of amides is 1. The first-order valence-electron chi connectivity index (χ1n) is 9.97. The lowest BCUT2D eigenvalue weighted by atomic mass is 9.96. The second-order valence-electron chi connectivity index (χ2n) is 6.88. The fourth-order valence-electron chi connectivity index (χ4n) is 3.17. The summed E-state index contributed by atoms with van der Waals surface area (Å²) >= 11 is 0. The maximum Gasteiger partial charge on any atom is 0.243 e. The molecule has 156 valence electrons. The summed E-state index contributed by atoms with van der Waals surface area (Å²) in [6.07, 6.45) is 7.74. The molecular formula is C23H26N4O3. The maximum absolute atomic E-state index is 11.1. The number of hydrogen-bond donors (Lipinski definition) is 2. The molecule has 0 fully saturated rings. The molecule has 0 saturated carbocycles. The molecule has 0 aliphatic carbocycles. The van der Waals surface area contributed by atoms with Gasteiger partial charge >= 0.3 is 0 Å². The molecule has 30 heavy (non-hydrogen) atoms. The van der Waals surface area contributed by atoms with Gasteiger partial charge in [-0.1, -0.05) is 65.8 Å².